The van der Waals surface area contributed by atoms with Gasteiger partial charge in [-0.3, -0.25) is 0 Å². The van der Waals surface area contributed by atoms with Gasteiger partial charge in [-0.15, -0.1) is 6.42 Å². The average molecular weight is 304 g/mol. The quantitative estimate of drug-likeness (QED) is 0.423. The van der Waals surface area contributed by atoms with Gasteiger partial charge in [0, 0.05) is 5.39 Å². The zero-order valence-corrected chi connectivity index (χ0v) is 12.1. The van der Waals surface area contributed by atoms with Crippen LogP contribution in [0.5, 0.6) is 0 Å². The van der Waals surface area contributed by atoms with Gasteiger partial charge in [0.05, 0.1) is 11.1 Å². The first-order valence-electron chi connectivity index (χ1n) is 6.93. The molecule has 0 aliphatic carbocycles. The first-order chi connectivity index (χ1) is 11.2. The first-order valence-corrected chi connectivity index (χ1v) is 6.93. The van der Waals surface area contributed by atoms with Crippen LogP contribution in [-0.2, 0) is 4.74 Å². The van der Waals surface area contributed by atoms with Crippen LogP contribution in [-0.4, -0.2) is 12.6 Å². The number of carbonyl (C=O) groups excluding carboxylic acids is 1. The predicted molar refractivity (Wildman–Crippen MR) is 87.0 cm³/mol. The summed E-state index contributed by atoms with van der Waals surface area (Å²) in [5, 5.41) is 0.833. The largest absolute Gasteiger partial charge is 0.449 e. The van der Waals surface area contributed by atoms with Gasteiger partial charge in [0.1, 0.15) is 5.58 Å². The van der Waals surface area contributed by atoms with Crippen LogP contribution in [0.25, 0.3) is 22.1 Å². The average Bonchev–Trinajstić information content (AvgIpc) is 2.59. The number of esters is 1. The second kappa shape index (κ2) is 6.20. The highest BCUT2D eigenvalue weighted by molar-refractivity contribution is 5.90. The van der Waals surface area contributed by atoms with E-state index in [0.717, 1.165) is 5.39 Å². The van der Waals surface area contributed by atoms with E-state index in [9.17, 15) is 9.59 Å². The minimum absolute atomic E-state index is 0.0746. The van der Waals surface area contributed by atoms with E-state index in [-0.39, 0.29) is 6.61 Å². The molecule has 3 rings (SSSR count). The molecule has 0 amide bonds. The van der Waals surface area contributed by atoms with Gasteiger partial charge in [-0.1, -0.05) is 36.3 Å². The molecule has 0 fully saturated rings. The predicted octanol–water partition coefficient (Wildman–Crippen LogP) is 3.25. The normalized spacial score (nSPS) is 10.2. The van der Waals surface area contributed by atoms with E-state index in [1.807, 2.05) is 18.2 Å². The molecule has 0 unspecified atom stereocenters. The van der Waals surface area contributed by atoms with Crippen molar-refractivity contribution in [2.75, 3.05) is 6.61 Å². The van der Waals surface area contributed by atoms with E-state index in [1.165, 1.54) is 0 Å². The smallest absolute Gasteiger partial charge is 0.344 e. The molecule has 3 aromatic rings. The standard InChI is InChI=1S/C19H12O4/c1-2-11-22-18(20)14-9-7-13(8-10-14)16-12-15-5-3-4-6-17(15)23-19(16)21/h1,3-10,12H,11H2. The summed E-state index contributed by atoms with van der Waals surface area (Å²) in [5.74, 6) is 1.73. The van der Waals surface area contributed by atoms with Crippen molar-refractivity contribution >= 4 is 16.9 Å². The zero-order valence-electron chi connectivity index (χ0n) is 12.1. The van der Waals surface area contributed by atoms with Crippen LogP contribution < -0.4 is 5.63 Å². The number of rotatable bonds is 3. The van der Waals surface area contributed by atoms with E-state index in [0.29, 0.717) is 22.3 Å². The molecule has 0 aliphatic rings. The topological polar surface area (TPSA) is 56.5 Å². The van der Waals surface area contributed by atoms with Crippen LogP contribution in [0.15, 0.2) is 63.8 Å². The van der Waals surface area contributed by atoms with Gasteiger partial charge in [0.15, 0.2) is 6.61 Å². The Hall–Kier alpha value is -3.32. The third-order valence-electron chi connectivity index (χ3n) is 3.36. The summed E-state index contributed by atoms with van der Waals surface area (Å²) >= 11 is 0. The fourth-order valence-corrected chi connectivity index (χ4v) is 2.24. The Balaban J connectivity index is 1.96. The molecule has 1 heterocycles. The molecule has 0 saturated carbocycles. The highest BCUT2D eigenvalue weighted by Crippen LogP contribution is 2.21. The van der Waals surface area contributed by atoms with Crippen LogP contribution in [0.3, 0.4) is 0 Å². The molecule has 0 radical (unpaired) electrons. The summed E-state index contributed by atoms with van der Waals surface area (Å²) in [6.07, 6.45) is 5.04. The van der Waals surface area contributed by atoms with Gasteiger partial charge in [0.2, 0.25) is 0 Å². The number of hydrogen-bond donors (Lipinski definition) is 0. The van der Waals surface area contributed by atoms with Crippen molar-refractivity contribution in [1.29, 1.82) is 0 Å². The van der Waals surface area contributed by atoms with E-state index in [2.05, 4.69) is 5.92 Å². The highest BCUT2D eigenvalue weighted by Gasteiger charge is 2.10. The maximum absolute atomic E-state index is 12.1. The maximum Gasteiger partial charge on any atom is 0.344 e. The molecule has 0 aliphatic heterocycles. The minimum Gasteiger partial charge on any atom is -0.449 e. The fourth-order valence-electron chi connectivity index (χ4n) is 2.24. The molecule has 1 aromatic heterocycles. The maximum atomic E-state index is 12.1. The molecular weight excluding hydrogens is 292 g/mol. The fraction of sp³-hybridized carbons (Fsp3) is 0.0526. The van der Waals surface area contributed by atoms with Crippen LogP contribution >= 0.6 is 0 Å². The first kappa shape index (κ1) is 14.6. The molecule has 0 spiro atoms. The van der Waals surface area contributed by atoms with Gasteiger partial charge < -0.3 is 9.15 Å². The number of para-hydroxylation sites is 1. The van der Waals surface area contributed by atoms with Crippen molar-refractivity contribution in [2.45, 2.75) is 0 Å². The summed E-state index contributed by atoms with van der Waals surface area (Å²) < 4.78 is 10.2. The second-order valence-corrected chi connectivity index (χ2v) is 4.84. The van der Waals surface area contributed by atoms with Crippen molar-refractivity contribution in [1.82, 2.24) is 0 Å². The SMILES string of the molecule is C#CCOC(=O)c1ccc(-c2cc3ccccc3oc2=O)cc1. The zero-order chi connectivity index (χ0) is 16.2. The molecule has 0 bridgehead atoms. The number of terminal acetylenes is 1. The molecule has 0 N–H and O–H groups in total. The van der Waals surface area contributed by atoms with Gasteiger partial charge in [0.25, 0.3) is 0 Å². The number of benzene rings is 2. The van der Waals surface area contributed by atoms with E-state index in [4.69, 9.17) is 15.6 Å². The lowest BCUT2D eigenvalue weighted by Crippen LogP contribution is -2.06. The van der Waals surface area contributed by atoms with Crippen LogP contribution in [0, 0.1) is 12.3 Å². The molecule has 23 heavy (non-hydrogen) atoms. The lowest BCUT2D eigenvalue weighted by molar-refractivity contribution is 0.0557. The molecular formula is C19H12O4. The minimum atomic E-state index is -0.500. The second-order valence-electron chi connectivity index (χ2n) is 4.84. The third-order valence-corrected chi connectivity index (χ3v) is 3.36. The summed E-state index contributed by atoms with van der Waals surface area (Å²) in [6.45, 7) is -0.0746. The molecule has 4 nitrogen and oxygen atoms in total. The Morgan fingerprint density at radius 3 is 2.61 bits per heavy atom. The van der Waals surface area contributed by atoms with E-state index >= 15 is 0 Å². The molecule has 0 saturated heterocycles. The highest BCUT2D eigenvalue weighted by atomic mass is 16.5. The van der Waals surface area contributed by atoms with Gasteiger partial charge in [-0.05, 0) is 29.8 Å². The molecule has 0 atom stereocenters. The third kappa shape index (κ3) is 2.99. The van der Waals surface area contributed by atoms with Crippen molar-refractivity contribution in [3.8, 4) is 23.5 Å². The monoisotopic (exact) mass is 304 g/mol. The number of ether oxygens (including phenoxy) is 1. The molecule has 112 valence electrons. The van der Waals surface area contributed by atoms with Crippen molar-refractivity contribution < 1.29 is 13.9 Å². The lowest BCUT2D eigenvalue weighted by Gasteiger charge is -2.04. The number of carbonyl (C=O) groups is 1. The van der Waals surface area contributed by atoms with E-state index < -0.39 is 11.6 Å². The van der Waals surface area contributed by atoms with Crippen LogP contribution in [0.4, 0.5) is 0 Å². The van der Waals surface area contributed by atoms with E-state index in [1.54, 1.807) is 36.4 Å². The summed E-state index contributed by atoms with van der Waals surface area (Å²) in [5.41, 5.74) is 1.58. The number of hydrogen-bond acceptors (Lipinski definition) is 4. The van der Waals surface area contributed by atoms with Gasteiger partial charge in [-0.2, -0.15) is 0 Å². The summed E-state index contributed by atoms with van der Waals surface area (Å²) in [7, 11) is 0. The Morgan fingerprint density at radius 2 is 1.87 bits per heavy atom. The Bertz CT molecular complexity index is 959. The summed E-state index contributed by atoms with van der Waals surface area (Å²) in [6, 6.07) is 15.6. The Kier molecular flexibility index (Phi) is 3.94. The van der Waals surface area contributed by atoms with Crippen molar-refractivity contribution in [3.63, 3.8) is 0 Å². The van der Waals surface area contributed by atoms with Crippen molar-refractivity contribution in [2.24, 2.45) is 0 Å². The number of fused-ring (bicyclic) bond motifs is 1. The van der Waals surface area contributed by atoms with Crippen molar-refractivity contribution in [3.05, 3.63) is 70.6 Å². The molecule has 2 aromatic carbocycles. The van der Waals surface area contributed by atoms with Crippen LogP contribution in [0.2, 0.25) is 0 Å². The van der Waals surface area contributed by atoms with Gasteiger partial charge >= 0.3 is 11.6 Å². The van der Waals surface area contributed by atoms with Gasteiger partial charge in [-0.25, -0.2) is 9.59 Å². The lowest BCUT2D eigenvalue weighted by atomic mass is 10.0. The Labute approximate surface area is 132 Å². The summed E-state index contributed by atoms with van der Waals surface area (Å²) in [4.78, 5) is 23.8. The van der Waals surface area contributed by atoms with Crippen LogP contribution in [0.1, 0.15) is 10.4 Å². The molecule has 4 heteroatoms. The Morgan fingerprint density at radius 1 is 1.13 bits per heavy atom.